The summed E-state index contributed by atoms with van der Waals surface area (Å²) in [5.41, 5.74) is 3.62. The Hall–Kier alpha value is -2.72. The molecule has 4 nitrogen and oxygen atoms in total. The highest BCUT2D eigenvalue weighted by atomic mass is 16.5. The molecular weight excluding hydrogens is 310 g/mol. The fraction of sp³-hybridized carbons (Fsp3) is 0.238. The van der Waals surface area contributed by atoms with Crippen LogP contribution in [0.4, 0.5) is 0 Å². The first-order chi connectivity index (χ1) is 12.2. The molecule has 0 aliphatic rings. The highest BCUT2D eigenvalue weighted by Gasteiger charge is 2.11. The van der Waals surface area contributed by atoms with Crippen LogP contribution in [0.5, 0.6) is 5.75 Å². The number of rotatable bonds is 5. The van der Waals surface area contributed by atoms with Crippen molar-refractivity contribution < 1.29 is 4.74 Å². The van der Waals surface area contributed by atoms with E-state index < -0.39 is 0 Å². The maximum Gasteiger partial charge on any atom is 0.129 e. The summed E-state index contributed by atoms with van der Waals surface area (Å²) in [4.78, 5) is 11.8. The molecule has 126 valence electrons. The maximum atomic E-state index is 6.10. The van der Waals surface area contributed by atoms with Gasteiger partial charge in [0.1, 0.15) is 5.75 Å². The molecule has 0 fully saturated rings. The highest BCUT2D eigenvalue weighted by Crippen LogP contribution is 2.32. The van der Waals surface area contributed by atoms with Crippen molar-refractivity contribution in [2.75, 3.05) is 27.2 Å². The highest BCUT2D eigenvalue weighted by molar-refractivity contribution is 6.08. The average molecular weight is 331 g/mol. The van der Waals surface area contributed by atoms with Gasteiger partial charge in [-0.05, 0) is 32.6 Å². The second kappa shape index (κ2) is 6.65. The lowest BCUT2D eigenvalue weighted by Gasteiger charge is -2.13. The molecule has 3 aromatic carbocycles. The van der Waals surface area contributed by atoms with Gasteiger partial charge in [0, 0.05) is 23.4 Å². The standard InChI is InChI=1S/C21H21N3O/c1-24(2)12-7-13-25-20-14-19-21(16-9-4-3-8-15(16)20)23-18-11-6-5-10-17(18)22-19/h3-6,8-11,14H,7,12-13H2,1-2H3. The van der Waals surface area contributed by atoms with Crippen LogP contribution in [0.15, 0.2) is 54.6 Å². The number of ether oxygens (including phenoxy) is 1. The average Bonchev–Trinajstić information content (AvgIpc) is 2.63. The molecular formula is C21H21N3O. The van der Waals surface area contributed by atoms with Gasteiger partial charge in [0.15, 0.2) is 0 Å². The van der Waals surface area contributed by atoms with Crippen molar-refractivity contribution in [3.63, 3.8) is 0 Å². The van der Waals surface area contributed by atoms with Crippen molar-refractivity contribution >= 4 is 32.8 Å². The Balaban J connectivity index is 1.82. The van der Waals surface area contributed by atoms with Crippen molar-refractivity contribution in [3.8, 4) is 5.75 Å². The smallest absolute Gasteiger partial charge is 0.129 e. The summed E-state index contributed by atoms with van der Waals surface area (Å²) in [5, 5.41) is 2.17. The molecule has 0 amide bonds. The van der Waals surface area contributed by atoms with Crippen LogP contribution in [-0.4, -0.2) is 42.1 Å². The fourth-order valence-electron chi connectivity index (χ4n) is 3.10. The SMILES string of the molecule is CN(C)CCCOc1cc2nc3ccccc3nc2c2ccccc12. The van der Waals surface area contributed by atoms with Gasteiger partial charge in [-0.3, -0.25) is 0 Å². The zero-order chi connectivity index (χ0) is 17.2. The molecule has 0 atom stereocenters. The Labute approximate surface area is 147 Å². The first kappa shape index (κ1) is 15.8. The summed E-state index contributed by atoms with van der Waals surface area (Å²) in [6.45, 7) is 1.70. The molecule has 4 heteroatoms. The van der Waals surface area contributed by atoms with Crippen LogP contribution in [0.3, 0.4) is 0 Å². The van der Waals surface area contributed by atoms with Gasteiger partial charge in [0.05, 0.1) is 28.7 Å². The zero-order valence-corrected chi connectivity index (χ0v) is 14.6. The molecule has 0 saturated heterocycles. The summed E-state index contributed by atoms with van der Waals surface area (Å²) >= 11 is 0. The van der Waals surface area contributed by atoms with Gasteiger partial charge in [-0.1, -0.05) is 36.4 Å². The largest absolute Gasteiger partial charge is 0.493 e. The van der Waals surface area contributed by atoms with Gasteiger partial charge >= 0.3 is 0 Å². The molecule has 0 saturated carbocycles. The van der Waals surface area contributed by atoms with Gasteiger partial charge < -0.3 is 9.64 Å². The van der Waals surface area contributed by atoms with E-state index in [2.05, 4.69) is 31.1 Å². The van der Waals surface area contributed by atoms with E-state index in [0.717, 1.165) is 51.6 Å². The molecule has 25 heavy (non-hydrogen) atoms. The number of benzene rings is 3. The van der Waals surface area contributed by atoms with Gasteiger partial charge in [-0.2, -0.15) is 0 Å². The molecule has 1 heterocycles. The van der Waals surface area contributed by atoms with Crippen molar-refractivity contribution in [2.24, 2.45) is 0 Å². The fourth-order valence-corrected chi connectivity index (χ4v) is 3.10. The topological polar surface area (TPSA) is 38.2 Å². The third-order valence-corrected chi connectivity index (χ3v) is 4.32. The van der Waals surface area contributed by atoms with Crippen LogP contribution >= 0.6 is 0 Å². The minimum absolute atomic E-state index is 0.689. The van der Waals surface area contributed by atoms with Crippen LogP contribution in [-0.2, 0) is 0 Å². The number of aromatic nitrogens is 2. The lowest BCUT2D eigenvalue weighted by molar-refractivity contribution is 0.284. The van der Waals surface area contributed by atoms with E-state index in [1.807, 2.05) is 42.5 Å². The molecule has 0 N–H and O–H groups in total. The summed E-state index contributed by atoms with van der Waals surface area (Å²) in [7, 11) is 4.15. The van der Waals surface area contributed by atoms with Crippen molar-refractivity contribution in [3.05, 3.63) is 54.6 Å². The van der Waals surface area contributed by atoms with Crippen molar-refractivity contribution in [1.82, 2.24) is 14.9 Å². The monoisotopic (exact) mass is 331 g/mol. The second-order valence-electron chi connectivity index (χ2n) is 6.51. The molecule has 0 radical (unpaired) electrons. The summed E-state index contributed by atoms with van der Waals surface area (Å²) in [6, 6.07) is 18.3. The van der Waals surface area contributed by atoms with E-state index in [1.165, 1.54) is 0 Å². The van der Waals surface area contributed by atoms with Gasteiger partial charge in [-0.25, -0.2) is 9.97 Å². The third-order valence-electron chi connectivity index (χ3n) is 4.32. The minimum Gasteiger partial charge on any atom is -0.493 e. The molecule has 0 aliphatic carbocycles. The molecule has 0 bridgehead atoms. The number of nitrogens with zero attached hydrogens (tertiary/aromatic N) is 3. The lowest BCUT2D eigenvalue weighted by atomic mass is 10.1. The first-order valence-corrected chi connectivity index (χ1v) is 8.58. The van der Waals surface area contributed by atoms with E-state index in [9.17, 15) is 0 Å². The number of para-hydroxylation sites is 2. The Kier molecular flexibility index (Phi) is 4.20. The number of hydrogen-bond acceptors (Lipinski definition) is 4. The molecule has 0 unspecified atom stereocenters. The third kappa shape index (κ3) is 3.13. The van der Waals surface area contributed by atoms with Gasteiger partial charge in [0.25, 0.3) is 0 Å². The maximum absolute atomic E-state index is 6.10. The predicted molar refractivity (Wildman–Crippen MR) is 103 cm³/mol. The Bertz CT molecular complexity index is 1040. The van der Waals surface area contributed by atoms with E-state index in [-0.39, 0.29) is 0 Å². The van der Waals surface area contributed by atoms with E-state index in [4.69, 9.17) is 14.7 Å². The zero-order valence-electron chi connectivity index (χ0n) is 14.6. The van der Waals surface area contributed by atoms with Crippen LogP contribution in [0.1, 0.15) is 6.42 Å². The normalized spacial score (nSPS) is 11.6. The van der Waals surface area contributed by atoms with E-state index in [0.29, 0.717) is 6.61 Å². The van der Waals surface area contributed by atoms with Crippen LogP contribution in [0.25, 0.3) is 32.8 Å². The molecule has 0 aliphatic heterocycles. The molecule has 1 aromatic heterocycles. The number of fused-ring (bicyclic) bond motifs is 4. The Morgan fingerprint density at radius 1 is 0.840 bits per heavy atom. The second-order valence-corrected chi connectivity index (χ2v) is 6.51. The number of hydrogen-bond donors (Lipinski definition) is 0. The lowest BCUT2D eigenvalue weighted by Crippen LogP contribution is -2.15. The van der Waals surface area contributed by atoms with Crippen molar-refractivity contribution in [1.29, 1.82) is 0 Å². The molecule has 4 rings (SSSR count). The van der Waals surface area contributed by atoms with Crippen LogP contribution in [0, 0.1) is 0 Å². The predicted octanol–water partition coefficient (Wildman–Crippen LogP) is 4.27. The summed E-state index contributed by atoms with van der Waals surface area (Å²) < 4.78 is 6.10. The van der Waals surface area contributed by atoms with Crippen molar-refractivity contribution in [2.45, 2.75) is 6.42 Å². The van der Waals surface area contributed by atoms with Crippen LogP contribution < -0.4 is 4.74 Å². The molecule has 0 spiro atoms. The summed E-state index contributed by atoms with van der Waals surface area (Å²) in [6.07, 6.45) is 0.989. The Morgan fingerprint density at radius 3 is 2.28 bits per heavy atom. The summed E-state index contributed by atoms with van der Waals surface area (Å²) in [5.74, 6) is 0.881. The minimum atomic E-state index is 0.689. The first-order valence-electron chi connectivity index (χ1n) is 8.58. The van der Waals surface area contributed by atoms with Crippen LogP contribution in [0.2, 0.25) is 0 Å². The Morgan fingerprint density at radius 2 is 1.52 bits per heavy atom. The van der Waals surface area contributed by atoms with E-state index >= 15 is 0 Å². The molecule has 4 aromatic rings. The van der Waals surface area contributed by atoms with Gasteiger partial charge in [-0.15, -0.1) is 0 Å². The van der Waals surface area contributed by atoms with Gasteiger partial charge in [0.2, 0.25) is 0 Å². The van der Waals surface area contributed by atoms with E-state index in [1.54, 1.807) is 0 Å². The quantitative estimate of drug-likeness (QED) is 0.311.